The van der Waals surface area contributed by atoms with Crippen LogP contribution in [0, 0.1) is 38.4 Å². The third-order valence-electron chi connectivity index (χ3n) is 6.33. The van der Waals surface area contributed by atoms with Crippen LogP contribution < -0.4 is 9.13 Å². The molecule has 0 bridgehead atoms. The molecule has 0 spiro atoms. The van der Waals surface area contributed by atoms with E-state index in [1.807, 2.05) is 121 Å². The Bertz CT molecular complexity index is 1840. The van der Waals surface area contributed by atoms with Crippen LogP contribution in [-0.4, -0.2) is 0 Å². The molecule has 2 heteroatoms. The van der Waals surface area contributed by atoms with Gasteiger partial charge >= 0.3 is 0 Å². The fraction of sp³-hybridized carbons (Fsp3) is 0.421. The van der Waals surface area contributed by atoms with Gasteiger partial charge in [-0.2, -0.15) is 0 Å². The first-order valence-corrected chi connectivity index (χ1v) is 13.7. The molecular weight excluding hydrogens is 484 g/mol. The van der Waals surface area contributed by atoms with E-state index in [1.54, 1.807) is 30.3 Å². The van der Waals surface area contributed by atoms with Gasteiger partial charge in [0.25, 0.3) is 0 Å². The molecule has 0 fully saturated rings. The van der Waals surface area contributed by atoms with Crippen LogP contribution in [0.2, 0.25) is 0 Å². The fourth-order valence-corrected chi connectivity index (χ4v) is 4.64. The zero-order valence-corrected chi connectivity index (χ0v) is 25.8. The molecule has 0 aliphatic carbocycles. The first-order chi connectivity index (χ1) is 22.5. The summed E-state index contributed by atoms with van der Waals surface area (Å²) in [5.41, 5.74) is 6.21. The molecule has 212 valence electrons. The Morgan fingerprint density at radius 3 is 1.62 bits per heavy atom. The molecule has 2 aromatic carbocycles. The van der Waals surface area contributed by atoms with Crippen molar-refractivity contribution in [3.8, 4) is 22.5 Å². The summed E-state index contributed by atoms with van der Waals surface area (Å²) in [5, 5.41) is 0. The molecule has 0 N–H and O–H groups in total. The molecule has 4 rings (SSSR count). The van der Waals surface area contributed by atoms with Crippen LogP contribution in [0.4, 0.5) is 0 Å². The van der Waals surface area contributed by atoms with E-state index in [-0.39, 0.29) is 0 Å². The van der Waals surface area contributed by atoms with E-state index in [2.05, 4.69) is 0 Å². The van der Waals surface area contributed by atoms with Crippen LogP contribution >= 0.6 is 0 Å². The Morgan fingerprint density at radius 1 is 0.625 bits per heavy atom. The lowest BCUT2D eigenvalue weighted by molar-refractivity contribution is -0.660. The van der Waals surface area contributed by atoms with Gasteiger partial charge in [-0.3, -0.25) is 0 Å². The van der Waals surface area contributed by atoms with Crippen LogP contribution in [0.5, 0.6) is 0 Å². The van der Waals surface area contributed by atoms with Crippen molar-refractivity contribution >= 4 is 0 Å². The largest absolute Gasteiger partial charge is 0.212 e. The lowest BCUT2D eigenvalue weighted by Crippen LogP contribution is -2.32. The van der Waals surface area contributed by atoms with E-state index >= 15 is 0 Å². The Kier molecular flexibility index (Phi) is 6.17. The molecule has 0 aliphatic heterocycles. The molecule has 0 saturated carbocycles. The highest BCUT2D eigenvalue weighted by atomic mass is 14.9. The molecular formula is C38H52N2+2. The number of nitrogens with zero attached hydrogens (tertiary/aromatic N) is 2. The summed E-state index contributed by atoms with van der Waals surface area (Å²) in [6.45, 7) is 10.9. The number of hydrogen-bond acceptors (Lipinski definition) is 0. The lowest BCUT2D eigenvalue weighted by Gasteiger charge is -2.18. The van der Waals surface area contributed by atoms with Gasteiger partial charge in [0.1, 0.15) is 14.1 Å². The van der Waals surface area contributed by atoms with E-state index in [4.69, 9.17) is 13.7 Å². The van der Waals surface area contributed by atoms with Gasteiger partial charge in [-0.25, -0.2) is 9.13 Å². The maximum atomic E-state index is 8.50. The van der Waals surface area contributed by atoms with Crippen molar-refractivity contribution in [1.29, 1.82) is 0 Å². The topological polar surface area (TPSA) is 7.76 Å². The number of aryl methyl sites for hydroxylation is 6. The molecule has 2 heterocycles. The molecule has 40 heavy (non-hydrogen) atoms. The Hall–Kier alpha value is -3.26. The van der Waals surface area contributed by atoms with E-state index in [0.29, 0.717) is 22.3 Å². The number of benzene rings is 2. The summed E-state index contributed by atoms with van der Waals surface area (Å²) >= 11 is 0. The summed E-state index contributed by atoms with van der Waals surface area (Å²) in [4.78, 5) is 0. The normalized spacial score (nSPS) is 16.8. The van der Waals surface area contributed by atoms with E-state index < -0.39 is 37.3 Å². The zero-order valence-electron chi connectivity index (χ0n) is 35.8. The van der Waals surface area contributed by atoms with E-state index in [9.17, 15) is 0 Å². The van der Waals surface area contributed by atoms with Crippen molar-refractivity contribution in [2.24, 2.45) is 24.9 Å². The van der Waals surface area contributed by atoms with Crippen LogP contribution in [0.15, 0.2) is 73.1 Å². The number of rotatable bonds is 4. The van der Waals surface area contributed by atoms with Crippen molar-refractivity contribution in [2.75, 3.05) is 0 Å². The first-order valence-electron chi connectivity index (χ1n) is 18.7. The van der Waals surface area contributed by atoms with Crippen LogP contribution in [0.3, 0.4) is 0 Å². The van der Waals surface area contributed by atoms with Crippen LogP contribution in [0.1, 0.15) is 88.6 Å². The fourth-order valence-electron chi connectivity index (χ4n) is 4.64. The minimum Gasteiger partial charge on any atom is -0.201 e. The van der Waals surface area contributed by atoms with Gasteiger partial charge in [-0.05, 0) is 86.0 Å². The monoisotopic (exact) mass is 546 g/mol. The molecule has 0 radical (unpaired) electrons. The summed E-state index contributed by atoms with van der Waals surface area (Å²) in [6, 6.07) is 17.7. The van der Waals surface area contributed by atoms with Crippen molar-refractivity contribution in [1.82, 2.24) is 0 Å². The molecule has 0 atom stereocenters. The van der Waals surface area contributed by atoms with Gasteiger partial charge in [-0.15, -0.1) is 0 Å². The van der Waals surface area contributed by atoms with Crippen molar-refractivity contribution in [3.63, 3.8) is 0 Å². The highest BCUT2D eigenvalue weighted by molar-refractivity contribution is 5.62. The maximum absolute atomic E-state index is 8.50. The minimum atomic E-state index is -2.13. The second-order valence-corrected chi connectivity index (χ2v) is 12.6. The number of hydrogen-bond donors (Lipinski definition) is 0. The summed E-state index contributed by atoms with van der Waals surface area (Å²) in [7, 11) is 3.79. The van der Waals surface area contributed by atoms with Crippen molar-refractivity contribution in [2.45, 2.75) is 81.8 Å². The lowest BCUT2D eigenvalue weighted by atomic mass is 9.88. The molecule has 0 amide bonds. The van der Waals surface area contributed by atoms with Gasteiger partial charge in [0.15, 0.2) is 12.4 Å². The highest BCUT2D eigenvalue weighted by Crippen LogP contribution is 2.26. The van der Waals surface area contributed by atoms with Gasteiger partial charge in [0.05, 0.1) is 0 Å². The van der Waals surface area contributed by atoms with Gasteiger partial charge in [-0.1, -0.05) is 76.9 Å². The van der Waals surface area contributed by atoms with Gasteiger partial charge in [0.2, 0.25) is 11.4 Å². The standard InChI is InChI=1S/2C19H26N/c1-14-7-9-17(15(2)11-14)18-10-8-16(13-20(18)6)12-19(3,4)5;1-14-7-8-17(15(2)11-14)18-12-16(9-10-20(18)6)13-19(3,4)5/h7-11,13H,12H2,1-6H3;7-12H,13H2,1-6H3/q2*+1/i1D3,12D2;1D3,13D2. The third-order valence-corrected chi connectivity index (χ3v) is 6.33. The number of aromatic nitrogens is 2. The number of pyridine rings is 2. The molecule has 0 unspecified atom stereocenters. The molecule has 2 nitrogen and oxygen atoms in total. The zero-order chi connectivity index (χ0) is 38.4. The smallest absolute Gasteiger partial charge is 0.201 e. The highest BCUT2D eigenvalue weighted by Gasteiger charge is 2.18. The van der Waals surface area contributed by atoms with Crippen LogP contribution in [0.25, 0.3) is 22.5 Å². The van der Waals surface area contributed by atoms with Crippen LogP contribution in [-0.2, 0) is 26.8 Å². The van der Waals surface area contributed by atoms with E-state index in [1.165, 1.54) is 0 Å². The SMILES string of the molecule is [2H]C([2H])([2H])c1ccc(-c2cc(C([2H])([2H])C(C)(C)C)cc[n+]2C)c(C)c1.[2H]C([2H])([2H])c1ccc(-c2ccc(C([2H])([2H])C(C)(C)C)c[n+]2C)c(C)c1. The Labute approximate surface area is 258 Å². The quantitative estimate of drug-likeness (QED) is 0.226. The summed E-state index contributed by atoms with van der Waals surface area (Å²) in [5.74, 6) is 0. The second kappa shape index (κ2) is 12.5. The average Bonchev–Trinajstić information content (AvgIpc) is 2.96. The summed E-state index contributed by atoms with van der Waals surface area (Å²) < 4.78 is 82.9. The van der Waals surface area contributed by atoms with Gasteiger partial charge < -0.3 is 0 Å². The first kappa shape index (κ1) is 19.8. The molecule has 0 saturated heterocycles. The molecule has 0 aliphatic rings. The van der Waals surface area contributed by atoms with Gasteiger partial charge in [0, 0.05) is 48.6 Å². The third kappa shape index (κ3) is 8.88. The Balaban J connectivity index is 0.000000270. The van der Waals surface area contributed by atoms with Crippen molar-refractivity contribution in [3.05, 3.63) is 106 Å². The average molecular weight is 547 g/mol. The molecule has 4 aromatic rings. The van der Waals surface area contributed by atoms with E-state index in [0.717, 1.165) is 33.6 Å². The predicted octanol–water partition coefficient (Wildman–Crippen LogP) is 8.77. The summed E-state index contributed by atoms with van der Waals surface area (Å²) in [6.07, 6.45) is 0.731. The minimum absolute atomic E-state index is 0.317. The van der Waals surface area contributed by atoms with Crippen molar-refractivity contribution < 1.29 is 22.8 Å². The predicted molar refractivity (Wildman–Crippen MR) is 171 cm³/mol. The Morgan fingerprint density at radius 2 is 1.15 bits per heavy atom. The molecule has 2 aromatic heterocycles. The second-order valence-electron chi connectivity index (χ2n) is 12.6. The maximum Gasteiger partial charge on any atom is 0.212 e.